The SMILES string of the molecule is Cc1c(CCC(=O)N2CC[C@H](Oc3ccccc3)[C@@H](CC(=O)N3CCN(C)CC3)C2)cnn1C. The van der Waals surface area contributed by atoms with E-state index >= 15 is 0 Å². The van der Waals surface area contributed by atoms with E-state index in [4.69, 9.17) is 4.74 Å². The first-order chi connectivity index (χ1) is 16.4. The van der Waals surface area contributed by atoms with Gasteiger partial charge in [-0.15, -0.1) is 0 Å². The summed E-state index contributed by atoms with van der Waals surface area (Å²) in [4.78, 5) is 32.4. The summed E-state index contributed by atoms with van der Waals surface area (Å²) in [7, 11) is 4.00. The maximum atomic E-state index is 13.1. The van der Waals surface area contributed by atoms with Crippen LogP contribution in [-0.2, 0) is 23.1 Å². The third-order valence-electron chi connectivity index (χ3n) is 7.29. The molecule has 1 aromatic carbocycles. The topological polar surface area (TPSA) is 70.9 Å². The van der Waals surface area contributed by atoms with Gasteiger partial charge in [-0.1, -0.05) is 18.2 Å². The van der Waals surface area contributed by atoms with Crippen LogP contribution < -0.4 is 4.74 Å². The molecule has 184 valence electrons. The molecule has 2 saturated heterocycles. The molecule has 2 atom stereocenters. The molecule has 3 heterocycles. The largest absolute Gasteiger partial charge is 0.490 e. The lowest BCUT2D eigenvalue weighted by molar-refractivity contribution is -0.140. The van der Waals surface area contributed by atoms with E-state index in [1.165, 1.54) is 0 Å². The molecule has 0 saturated carbocycles. The number of rotatable bonds is 7. The fourth-order valence-electron chi connectivity index (χ4n) is 4.86. The van der Waals surface area contributed by atoms with Crippen molar-refractivity contribution in [3.05, 3.63) is 47.8 Å². The molecule has 8 nitrogen and oxygen atoms in total. The number of likely N-dealkylation sites (N-methyl/N-ethyl adjacent to an activating group) is 1. The van der Waals surface area contributed by atoms with Crippen molar-refractivity contribution in [2.45, 2.75) is 38.7 Å². The van der Waals surface area contributed by atoms with Crippen molar-refractivity contribution in [2.75, 3.05) is 46.3 Å². The summed E-state index contributed by atoms with van der Waals surface area (Å²) >= 11 is 0. The van der Waals surface area contributed by atoms with Gasteiger partial charge in [0.15, 0.2) is 0 Å². The first-order valence-corrected chi connectivity index (χ1v) is 12.3. The molecule has 0 radical (unpaired) electrons. The van der Waals surface area contributed by atoms with Crippen LogP contribution in [-0.4, -0.2) is 88.7 Å². The molecule has 0 bridgehead atoms. The van der Waals surface area contributed by atoms with Crippen molar-refractivity contribution < 1.29 is 14.3 Å². The fourth-order valence-corrected chi connectivity index (χ4v) is 4.86. The second-order valence-corrected chi connectivity index (χ2v) is 9.62. The number of ether oxygens (including phenoxy) is 1. The van der Waals surface area contributed by atoms with Crippen LogP contribution in [0.5, 0.6) is 5.75 Å². The standard InChI is InChI=1S/C26H37N5O3/c1-20-21(18-27-29(20)3)9-10-25(32)31-12-11-24(34-23-7-5-4-6-8-23)22(19-31)17-26(33)30-15-13-28(2)14-16-30/h4-8,18,22,24H,9-17,19H2,1-3H3/t22-,24-/m0/s1. The molecule has 2 aromatic rings. The van der Waals surface area contributed by atoms with Crippen LogP contribution >= 0.6 is 0 Å². The molecule has 8 heteroatoms. The van der Waals surface area contributed by atoms with Crippen LogP contribution in [0.4, 0.5) is 0 Å². The van der Waals surface area contributed by atoms with Gasteiger partial charge < -0.3 is 19.4 Å². The van der Waals surface area contributed by atoms with E-state index in [1.807, 2.05) is 65.0 Å². The number of piperidine rings is 1. The minimum atomic E-state index is -0.0802. The summed E-state index contributed by atoms with van der Waals surface area (Å²) in [6.07, 6.45) is 4.04. The zero-order valence-electron chi connectivity index (χ0n) is 20.7. The lowest BCUT2D eigenvalue weighted by Crippen LogP contribution is -2.51. The zero-order chi connectivity index (χ0) is 24.1. The van der Waals surface area contributed by atoms with Crippen molar-refractivity contribution in [3.8, 4) is 5.75 Å². The lowest BCUT2D eigenvalue weighted by Gasteiger charge is -2.40. The van der Waals surface area contributed by atoms with Crippen LogP contribution in [0.25, 0.3) is 0 Å². The zero-order valence-corrected chi connectivity index (χ0v) is 20.7. The van der Waals surface area contributed by atoms with Crippen LogP contribution in [0.3, 0.4) is 0 Å². The average Bonchev–Trinajstić information content (AvgIpc) is 3.17. The predicted molar refractivity (Wildman–Crippen MR) is 131 cm³/mol. The van der Waals surface area contributed by atoms with E-state index in [-0.39, 0.29) is 23.8 Å². The number of hydrogen-bond donors (Lipinski definition) is 0. The molecule has 0 N–H and O–H groups in total. The molecular weight excluding hydrogens is 430 g/mol. The first-order valence-electron chi connectivity index (χ1n) is 12.3. The minimum absolute atomic E-state index is 0.0230. The smallest absolute Gasteiger partial charge is 0.223 e. The van der Waals surface area contributed by atoms with E-state index in [0.717, 1.165) is 49.6 Å². The summed E-state index contributed by atoms with van der Waals surface area (Å²) in [5.74, 6) is 1.10. The molecule has 2 fully saturated rings. The maximum Gasteiger partial charge on any atom is 0.223 e. The maximum absolute atomic E-state index is 13.1. The van der Waals surface area contributed by atoms with Crippen LogP contribution in [0.2, 0.25) is 0 Å². The van der Waals surface area contributed by atoms with Crippen molar-refractivity contribution in [1.29, 1.82) is 0 Å². The third-order valence-corrected chi connectivity index (χ3v) is 7.29. The van der Waals surface area contributed by atoms with Crippen molar-refractivity contribution >= 4 is 11.8 Å². The van der Waals surface area contributed by atoms with Gasteiger partial charge >= 0.3 is 0 Å². The number of hydrogen-bond acceptors (Lipinski definition) is 5. The Labute approximate surface area is 202 Å². The predicted octanol–water partition coefficient (Wildman–Crippen LogP) is 2.12. The summed E-state index contributed by atoms with van der Waals surface area (Å²) in [6, 6.07) is 9.78. The minimum Gasteiger partial charge on any atom is -0.490 e. The highest BCUT2D eigenvalue weighted by Gasteiger charge is 2.35. The van der Waals surface area contributed by atoms with Crippen LogP contribution in [0, 0.1) is 12.8 Å². The van der Waals surface area contributed by atoms with Gasteiger partial charge in [-0.25, -0.2) is 0 Å². The molecule has 0 unspecified atom stereocenters. The van der Waals surface area contributed by atoms with E-state index in [0.29, 0.717) is 32.4 Å². The Morgan fingerprint density at radius 2 is 1.74 bits per heavy atom. The number of para-hydroxylation sites is 1. The highest BCUT2D eigenvalue weighted by Crippen LogP contribution is 2.27. The van der Waals surface area contributed by atoms with Crippen LogP contribution in [0.1, 0.15) is 30.5 Å². The van der Waals surface area contributed by atoms with Gasteiger partial charge in [0.2, 0.25) is 11.8 Å². The summed E-state index contributed by atoms with van der Waals surface area (Å²) < 4.78 is 8.16. The Balaban J connectivity index is 1.40. The number of aromatic nitrogens is 2. The number of benzene rings is 1. The van der Waals surface area contributed by atoms with Crippen molar-refractivity contribution in [1.82, 2.24) is 24.5 Å². The number of nitrogens with zero attached hydrogens (tertiary/aromatic N) is 5. The molecule has 34 heavy (non-hydrogen) atoms. The Morgan fingerprint density at radius 1 is 1.00 bits per heavy atom. The molecule has 0 aliphatic carbocycles. The second-order valence-electron chi connectivity index (χ2n) is 9.62. The number of carbonyl (C=O) groups excluding carboxylic acids is 2. The molecular formula is C26H37N5O3. The Kier molecular flexibility index (Phi) is 7.88. The van der Waals surface area contributed by atoms with Gasteiger partial charge in [0, 0.05) is 77.2 Å². The number of carbonyl (C=O) groups is 2. The van der Waals surface area contributed by atoms with E-state index in [2.05, 4.69) is 17.0 Å². The van der Waals surface area contributed by atoms with E-state index < -0.39 is 0 Å². The monoisotopic (exact) mass is 467 g/mol. The van der Waals surface area contributed by atoms with Gasteiger partial charge in [-0.3, -0.25) is 14.3 Å². The van der Waals surface area contributed by atoms with Gasteiger partial charge in [0.25, 0.3) is 0 Å². The fraction of sp³-hybridized carbons (Fsp3) is 0.577. The lowest BCUT2D eigenvalue weighted by atomic mass is 9.90. The first kappa shape index (κ1) is 24.3. The molecule has 1 aromatic heterocycles. The summed E-state index contributed by atoms with van der Waals surface area (Å²) in [5, 5.41) is 4.28. The van der Waals surface area contributed by atoms with Crippen LogP contribution in [0.15, 0.2) is 36.5 Å². The quantitative estimate of drug-likeness (QED) is 0.624. The molecule has 0 spiro atoms. The second kappa shape index (κ2) is 11.0. The normalized spacial score (nSPS) is 21.5. The van der Waals surface area contributed by atoms with Gasteiger partial charge in [0.05, 0.1) is 6.20 Å². The Morgan fingerprint density at radius 3 is 2.41 bits per heavy atom. The van der Waals surface area contributed by atoms with Gasteiger partial charge in [-0.2, -0.15) is 5.10 Å². The van der Waals surface area contributed by atoms with Gasteiger partial charge in [0.1, 0.15) is 11.9 Å². The van der Waals surface area contributed by atoms with E-state index in [9.17, 15) is 9.59 Å². The average molecular weight is 468 g/mol. The molecule has 2 amide bonds. The highest BCUT2D eigenvalue weighted by atomic mass is 16.5. The van der Waals surface area contributed by atoms with Crippen molar-refractivity contribution in [2.24, 2.45) is 13.0 Å². The molecule has 4 rings (SSSR count). The Bertz CT molecular complexity index is 968. The summed E-state index contributed by atoms with van der Waals surface area (Å²) in [5.41, 5.74) is 2.21. The number of piperazine rings is 1. The summed E-state index contributed by atoms with van der Waals surface area (Å²) in [6.45, 7) is 6.57. The number of amides is 2. The number of aryl methyl sites for hydroxylation is 2. The third kappa shape index (κ3) is 5.97. The molecule has 2 aliphatic rings. The Hall–Kier alpha value is -2.87. The number of likely N-dealkylation sites (tertiary alicyclic amines) is 1. The van der Waals surface area contributed by atoms with E-state index in [1.54, 1.807) is 0 Å². The highest BCUT2D eigenvalue weighted by molar-refractivity contribution is 5.78. The molecule has 2 aliphatic heterocycles. The van der Waals surface area contributed by atoms with Crippen molar-refractivity contribution in [3.63, 3.8) is 0 Å². The van der Waals surface area contributed by atoms with Gasteiger partial charge in [-0.05, 0) is 38.1 Å².